The Hall–Kier alpha value is -2.70. The predicted octanol–water partition coefficient (Wildman–Crippen LogP) is 5.00. The molecule has 2 atom stereocenters. The molecule has 6 nitrogen and oxygen atoms in total. The molecular weight excluding hydrogens is 500 g/mol. The summed E-state index contributed by atoms with van der Waals surface area (Å²) in [5.74, 6) is -0.574. The van der Waals surface area contributed by atoms with Crippen molar-refractivity contribution in [1.29, 1.82) is 0 Å². The third kappa shape index (κ3) is 6.28. The van der Waals surface area contributed by atoms with E-state index in [1.165, 1.54) is 0 Å². The maximum atomic E-state index is 14.0. The number of hydrogen-bond donors (Lipinski definition) is 4. The van der Waals surface area contributed by atoms with E-state index >= 15 is 0 Å². The van der Waals surface area contributed by atoms with Crippen LogP contribution in [-0.2, 0) is 22.4 Å². The minimum atomic E-state index is -1.17. The standard InChI is InChI=1S/C34H46N2O4/c37-30(35-28(24-26-14-5-1-6-15-26)33(39)20-9-3-10-21-33)32(18-13-19-32)31(38)36-29(25-27-16-7-2-8-17-27)34(40)22-11-4-12-23-34/h1-2,5-8,14-17,28-29,39-40H,3-4,9-13,18-25H2,(H,35,37)(H,36,38)/t28-,29-/m1/s1. The summed E-state index contributed by atoms with van der Waals surface area (Å²) in [4.78, 5) is 28.0. The second-order valence-corrected chi connectivity index (χ2v) is 12.7. The van der Waals surface area contributed by atoms with Crippen molar-refractivity contribution in [3.05, 3.63) is 71.8 Å². The second kappa shape index (κ2) is 12.4. The third-order valence-corrected chi connectivity index (χ3v) is 9.99. The van der Waals surface area contributed by atoms with Crippen LogP contribution in [0.2, 0.25) is 0 Å². The number of hydrogen-bond acceptors (Lipinski definition) is 4. The van der Waals surface area contributed by atoms with Gasteiger partial charge in [0, 0.05) is 0 Å². The average Bonchev–Trinajstić information content (AvgIpc) is 2.94. The molecule has 2 aromatic carbocycles. The molecule has 2 aromatic rings. The summed E-state index contributed by atoms with van der Waals surface area (Å²) in [6.45, 7) is 0. The fraction of sp³-hybridized carbons (Fsp3) is 0.588. The SMILES string of the molecule is O=C(N[C@H](Cc1ccccc1)C1(O)CCCCC1)C1(C(=O)N[C@H](Cc2ccccc2)C2(O)CCCCC2)CCC1. The molecule has 0 heterocycles. The van der Waals surface area contributed by atoms with Gasteiger partial charge < -0.3 is 20.8 Å². The van der Waals surface area contributed by atoms with E-state index in [-0.39, 0.29) is 11.8 Å². The van der Waals surface area contributed by atoms with Crippen molar-refractivity contribution >= 4 is 11.8 Å². The normalized spacial score (nSPS) is 22.8. The van der Waals surface area contributed by atoms with Gasteiger partial charge in [-0.1, -0.05) is 106 Å². The van der Waals surface area contributed by atoms with Gasteiger partial charge in [0.25, 0.3) is 0 Å². The minimum Gasteiger partial charge on any atom is -0.388 e. The highest BCUT2D eigenvalue weighted by molar-refractivity contribution is 6.06. The Kier molecular flexibility index (Phi) is 8.96. The molecule has 6 heteroatoms. The zero-order valence-electron chi connectivity index (χ0n) is 23.7. The molecule has 3 fully saturated rings. The molecule has 40 heavy (non-hydrogen) atoms. The van der Waals surface area contributed by atoms with Crippen LogP contribution < -0.4 is 10.6 Å². The van der Waals surface area contributed by atoms with Gasteiger partial charge in [-0.15, -0.1) is 0 Å². The van der Waals surface area contributed by atoms with E-state index in [9.17, 15) is 19.8 Å². The van der Waals surface area contributed by atoms with E-state index in [0.717, 1.165) is 56.1 Å². The average molecular weight is 547 g/mol. The Morgan fingerprint density at radius 2 is 0.950 bits per heavy atom. The molecule has 0 saturated heterocycles. The molecule has 0 unspecified atom stereocenters. The summed E-state index contributed by atoms with van der Waals surface area (Å²) in [5, 5.41) is 29.8. The lowest BCUT2D eigenvalue weighted by Crippen LogP contribution is -2.64. The van der Waals surface area contributed by atoms with Gasteiger partial charge in [0.2, 0.25) is 11.8 Å². The Labute approximate surface area is 239 Å². The van der Waals surface area contributed by atoms with Crippen molar-refractivity contribution in [1.82, 2.24) is 10.6 Å². The van der Waals surface area contributed by atoms with Crippen molar-refractivity contribution in [3.8, 4) is 0 Å². The van der Waals surface area contributed by atoms with E-state index in [2.05, 4.69) is 10.6 Å². The molecule has 2 amide bonds. The Morgan fingerprint density at radius 3 is 1.27 bits per heavy atom. The van der Waals surface area contributed by atoms with Crippen LogP contribution in [0.25, 0.3) is 0 Å². The minimum absolute atomic E-state index is 0.287. The van der Waals surface area contributed by atoms with Crippen molar-refractivity contribution < 1.29 is 19.8 Å². The number of nitrogens with one attached hydrogen (secondary N) is 2. The van der Waals surface area contributed by atoms with E-state index in [1.54, 1.807) is 0 Å². The molecule has 0 spiro atoms. The van der Waals surface area contributed by atoms with E-state index in [0.29, 0.717) is 51.4 Å². The van der Waals surface area contributed by atoms with Crippen LogP contribution in [0, 0.1) is 5.41 Å². The summed E-state index contributed by atoms with van der Waals surface area (Å²) >= 11 is 0. The van der Waals surface area contributed by atoms with Gasteiger partial charge in [-0.2, -0.15) is 0 Å². The van der Waals surface area contributed by atoms with E-state index < -0.39 is 28.7 Å². The number of rotatable bonds is 10. The largest absolute Gasteiger partial charge is 0.388 e. The molecule has 0 aliphatic heterocycles. The van der Waals surface area contributed by atoms with Gasteiger partial charge in [0.1, 0.15) is 5.41 Å². The van der Waals surface area contributed by atoms with Crippen molar-refractivity contribution in [3.63, 3.8) is 0 Å². The van der Waals surface area contributed by atoms with Crippen LogP contribution in [0.15, 0.2) is 60.7 Å². The Bertz CT molecular complexity index is 1030. The van der Waals surface area contributed by atoms with Crippen LogP contribution in [-0.4, -0.2) is 45.3 Å². The Morgan fingerprint density at radius 1 is 0.575 bits per heavy atom. The van der Waals surface area contributed by atoms with Gasteiger partial charge >= 0.3 is 0 Å². The summed E-state index contributed by atoms with van der Waals surface area (Å²) in [7, 11) is 0. The monoisotopic (exact) mass is 546 g/mol. The second-order valence-electron chi connectivity index (χ2n) is 12.7. The van der Waals surface area contributed by atoms with Crippen molar-refractivity contribution in [2.45, 2.75) is 120 Å². The predicted molar refractivity (Wildman–Crippen MR) is 157 cm³/mol. The highest BCUT2D eigenvalue weighted by Crippen LogP contribution is 2.43. The van der Waals surface area contributed by atoms with Gasteiger partial charge in [0.15, 0.2) is 0 Å². The molecule has 0 bridgehead atoms. The van der Waals surface area contributed by atoms with E-state index in [4.69, 9.17) is 0 Å². The molecule has 3 aliphatic rings. The summed E-state index contributed by atoms with van der Waals surface area (Å²) in [6, 6.07) is 19.0. The topological polar surface area (TPSA) is 98.7 Å². The van der Waals surface area contributed by atoms with Crippen LogP contribution in [0.4, 0.5) is 0 Å². The number of amides is 2. The van der Waals surface area contributed by atoms with Crippen LogP contribution >= 0.6 is 0 Å². The maximum Gasteiger partial charge on any atom is 0.236 e. The summed E-state index contributed by atoms with van der Waals surface area (Å²) in [5.41, 5.74) is -1.03. The first kappa shape index (κ1) is 28.8. The first-order valence-corrected chi connectivity index (χ1v) is 15.5. The maximum absolute atomic E-state index is 14.0. The van der Waals surface area contributed by atoms with Crippen LogP contribution in [0.1, 0.15) is 94.6 Å². The highest BCUT2D eigenvalue weighted by atomic mass is 16.3. The quantitative estimate of drug-likeness (QED) is 0.315. The molecule has 5 rings (SSSR count). The van der Waals surface area contributed by atoms with E-state index in [1.807, 2.05) is 60.7 Å². The fourth-order valence-electron chi connectivity index (χ4n) is 7.16. The lowest BCUT2D eigenvalue weighted by atomic mass is 9.66. The van der Waals surface area contributed by atoms with Gasteiger partial charge in [-0.3, -0.25) is 9.59 Å². The molecule has 3 aliphatic carbocycles. The first-order chi connectivity index (χ1) is 19.3. The molecule has 0 radical (unpaired) electrons. The number of benzene rings is 2. The number of aliphatic hydroxyl groups is 2. The van der Waals surface area contributed by atoms with Crippen molar-refractivity contribution in [2.24, 2.45) is 5.41 Å². The molecule has 216 valence electrons. The lowest BCUT2D eigenvalue weighted by Gasteiger charge is -2.46. The van der Waals surface area contributed by atoms with Gasteiger partial charge in [0.05, 0.1) is 23.3 Å². The highest BCUT2D eigenvalue weighted by Gasteiger charge is 2.54. The third-order valence-electron chi connectivity index (χ3n) is 9.99. The number of carbonyl (C=O) groups is 2. The van der Waals surface area contributed by atoms with Crippen LogP contribution in [0.3, 0.4) is 0 Å². The molecule has 0 aromatic heterocycles. The molecule has 3 saturated carbocycles. The summed E-state index contributed by atoms with van der Waals surface area (Å²) < 4.78 is 0. The Balaban J connectivity index is 1.36. The number of carbonyl (C=O) groups excluding carboxylic acids is 2. The summed E-state index contributed by atoms with van der Waals surface area (Å²) in [6.07, 6.45) is 11.3. The van der Waals surface area contributed by atoms with Crippen molar-refractivity contribution in [2.75, 3.05) is 0 Å². The zero-order chi connectivity index (χ0) is 28.1. The van der Waals surface area contributed by atoms with Gasteiger partial charge in [-0.25, -0.2) is 0 Å². The fourth-order valence-corrected chi connectivity index (χ4v) is 7.16. The van der Waals surface area contributed by atoms with Gasteiger partial charge in [-0.05, 0) is 62.5 Å². The zero-order valence-corrected chi connectivity index (χ0v) is 23.7. The molecular formula is C34H46N2O4. The lowest BCUT2D eigenvalue weighted by molar-refractivity contribution is -0.154. The first-order valence-electron chi connectivity index (χ1n) is 15.5. The smallest absolute Gasteiger partial charge is 0.236 e. The van der Waals surface area contributed by atoms with Crippen LogP contribution in [0.5, 0.6) is 0 Å². The molecule has 4 N–H and O–H groups in total.